The van der Waals surface area contributed by atoms with Gasteiger partial charge in [-0.05, 0) is 43.6 Å². The average molecular weight is 305 g/mol. The van der Waals surface area contributed by atoms with Crippen LogP contribution in [0.25, 0.3) is 0 Å². The molecule has 1 aromatic rings. The van der Waals surface area contributed by atoms with Crippen molar-refractivity contribution in [3.8, 4) is 5.75 Å². The van der Waals surface area contributed by atoms with Crippen molar-refractivity contribution in [3.05, 3.63) is 29.3 Å². The summed E-state index contributed by atoms with van der Waals surface area (Å²) in [5.74, 6) is 1.67. The van der Waals surface area contributed by atoms with Crippen molar-refractivity contribution in [1.82, 2.24) is 15.5 Å². The van der Waals surface area contributed by atoms with Gasteiger partial charge in [0.05, 0.1) is 7.11 Å². The van der Waals surface area contributed by atoms with Crippen LogP contribution in [0.5, 0.6) is 5.75 Å². The van der Waals surface area contributed by atoms with Gasteiger partial charge in [0.2, 0.25) is 0 Å². The summed E-state index contributed by atoms with van der Waals surface area (Å²) < 4.78 is 5.59. The molecule has 0 amide bonds. The van der Waals surface area contributed by atoms with E-state index in [-0.39, 0.29) is 0 Å². The van der Waals surface area contributed by atoms with Gasteiger partial charge in [0.25, 0.3) is 0 Å². The van der Waals surface area contributed by atoms with Gasteiger partial charge in [-0.3, -0.25) is 4.90 Å². The fraction of sp³-hybridized carbons (Fsp3) is 0.667. The molecule has 1 heterocycles. The lowest BCUT2D eigenvalue weighted by Crippen LogP contribution is -2.27. The van der Waals surface area contributed by atoms with Gasteiger partial charge in [0, 0.05) is 31.7 Å². The first-order valence-corrected chi connectivity index (χ1v) is 8.48. The van der Waals surface area contributed by atoms with Crippen LogP contribution in [0, 0.1) is 5.92 Å². The summed E-state index contributed by atoms with van der Waals surface area (Å²) >= 11 is 0. The summed E-state index contributed by atoms with van der Waals surface area (Å²) in [5.41, 5.74) is 2.58. The fourth-order valence-electron chi connectivity index (χ4n) is 2.85. The molecule has 2 rings (SSSR count). The topological polar surface area (TPSA) is 36.5 Å². The lowest BCUT2D eigenvalue weighted by Gasteiger charge is -2.20. The standard InChI is InChI=1S/C18H31N3O/c1-15(2)12-20-13-17-6-5-16(11-18(17)22-3)14-21-9-4-7-19-8-10-21/h5-6,11,15,19-20H,4,7-10,12-14H2,1-3H3. The highest BCUT2D eigenvalue weighted by Crippen LogP contribution is 2.21. The maximum atomic E-state index is 5.59. The van der Waals surface area contributed by atoms with E-state index in [1.807, 2.05) is 0 Å². The third-order valence-corrected chi connectivity index (χ3v) is 4.06. The third kappa shape index (κ3) is 5.59. The predicted octanol–water partition coefficient (Wildman–Crippen LogP) is 2.24. The molecule has 124 valence electrons. The Morgan fingerprint density at radius 3 is 2.91 bits per heavy atom. The molecule has 1 aliphatic heterocycles. The Morgan fingerprint density at radius 2 is 2.14 bits per heavy atom. The van der Waals surface area contributed by atoms with Gasteiger partial charge in [-0.1, -0.05) is 26.0 Å². The highest BCUT2D eigenvalue weighted by molar-refractivity contribution is 5.37. The van der Waals surface area contributed by atoms with Crippen LogP contribution in [0.1, 0.15) is 31.4 Å². The lowest BCUT2D eigenvalue weighted by atomic mass is 10.1. The molecule has 1 fully saturated rings. The monoisotopic (exact) mass is 305 g/mol. The maximum absolute atomic E-state index is 5.59. The molecule has 0 aliphatic carbocycles. The Kier molecular flexibility index (Phi) is 7.16. The van der Waals surface area contributed by atoms with Crippen LogP contribution in [0.3, 0.4) is 0 Å². The van der Waals surface area contributed by atoms with Crippen LogP contribution in [0.4, 0.5) is 0 Å². The van der Waals surface area contributed by atoms with Gasteiger partial charge in [-0.2, -0.15) is 0 Å². The summed E-state index contributed by atoms with van der Waals surface area (Å²) in [5, 5.41) is 6.94. The second-order valence-electron chi connectivity index (χ2n) is 6.55. The van der Waals surface area contributed by atoms with Crippen molar-refractivity contribution >= 4 is 0 Å². The quantitative estimate of drug-likeness (QED) is 0.810. The molecule has 0 radical (unpaired) electrons. The van der Waals surface area contributed by atoms with Crippen LogP contribution in [-0.2, 0) is 13.1 Å². The molecule has 1 aromatic carbocycles. The number of ether oxygens (including phenoxy) is 1. The summed E-state index contributed by atoms with van der Waals surface area (Å²) in [6.45, 7) is 11.9. The van der Waals surface area contributed by atoms with E-state index in [4.69, 9.17) is 4.74 Å². The van der Waals surface area contributed by atoms with Gasteiger partial charge in [0.1, 0.15) is 5.75 Å². The molecular weight excluding hydrogens is 274 g/mol. The van der Waals surface area contributed by atoms with E-state index in [0.717, 1.165) is 45.0 Å². The van der Waals surface area contributed by atoms with Crippen molar-refractivity contribution in [2.24, 2.45) is 5.92 Å². The second-order valence-corrected chi connectivity index (χ2v) is 6.55. The van der Waals surface area contributed by atoms with Crippen LogP contribution in [0.2, 0.25) is 0 Å². The van der Waals surface area contributed by atoms with Crippen molar-refractivity contribution in [3.63, 3.8) is 0 Å². The predicted molar refractivity (Wildman–Crippen MR) is 92.3 cm³/mol. The number of hydrogen-bond donors (Lipinski definition) is 2. The fourth-order valence-corrected chi connectivity index (χ4v) is 2.85. The Hall–Kier alpha value is -1.10. The molecule has 2 N–H and O–H groups in total. The minimum atomic E-state index is 0.668. The van der Waals surface area contributed by atoms with E-state index in [9.17, 15) is 0 Å². The first-order valence-electron chi connectivity index (χ1n) is 8.48. The molecule has 0 spiro atoms. The van der Waals surface area contributed by atoms with E-state index in [2.05, 4.69) is 47.6 Å². The molecule has 1 aliphatic rings. The van der Waals surface area contributed by atoms with Crippen molar-refractivity contribution in [2.45, 2.75) is 33.4 Å². The number of hydrogen-bond acceptors (Lipinski definition) is 4. The molecule has 22 heavy (non-hydrogen) atoms. The number of rotatable bonds is 7. The van der Waals surface area contributed by atoms with Gasteiger partial charge >= 0.3 is 0 Å². The first-order chi connectivity index (χ1) is 10.7. The zero-order valence-corrected chi connectivity index (χ0v) is 14.3. The molecule has 0 saturated carbocycles. The molecule has 1 saturated heterocycles. The van der Waals surface area contributed by atoms with Crippen LogP contribution >= 0.6 is 0 Å². The van der Waals surface area contributed by atoms with E-state index < -0.39 is 0 Å². The molecule has 4 heteroatoms. The van der Waals surface area contributed by atoms with Gasteiger partial charge in [0.15, 0.2) is 0 Å². The van der Waals surface area contributed by atoms with E-state index in [1.165, 1.54) is 24.1 Å². The van der Waals surface area contributed by atoms with Gasteiger partial charge in [-0.25, -0.2) is 0 Å². The number of nitrogens with zero attached hydrogens (tertiary/aromatic N) is 1. The van der Waals surface area contributed by atoms with Gasteiger partial charge in [-0.15, -0.1) is 0 Å². The van der Waals surface area contributed by atoms with Crippen LogP contribution in [0.15, 0.2) is 18.2 Å². The van der Waals surface area contributed by atoms with Crippen molar-refractivity contribution < 1.29 is 4.74 Å². The summed E-state index contributed by atoms with van der Waals surface area (Å²) in [4.78, 5) is 2.52. The molecular formula is C18H31N3O. The molecule has 0 atom stereocenters. The molecule has 0 unspecified atom stereocenters. The SMILES string of the molecule is COc1cc(CN2CCCNCC2)ccc1CNCC(C)C. The molecule has 0 aromatic heterocycles. The zero-order chi connectivity index (χ0) is 15.8. The van der Waals surface area contributed by atoms with Gasteiger partial charge < -0.3 is 15.4 Å². The summed E-state index contributed by atoms with van der Waals surface area (Å²) in [7, 11) is 1.76. The van der Waals surface area contributed by atoms with Crippen molar-refractivity contribution in [2.75, 3.05) is 39.8 Å². The average Bonchev–Trinajstić information content (AvgIpc) is 2.76. The Bertz CT molecular complexity index is 440. The number of benzene rings is 1. The summed E-state index contributed by atoms with van der Waals surface area (Å²) in [6, 6.07) is 6.65. The number of nitrogens with one attached hydrogen (secondary N) is 2. The largest absolute Gasteiger partial charge is 0.496 e. The Balaban J connectivity index is 1.95. The molecule has 0 bridgehead atoms. The van der Waals surface area contributed by atoms with E-state index >= 15 is 0 Å². The smallest absolute Gasteiger partial charge is 0.123 e. The normalized spacial score (nSPS) is 16.7. The Morgan fingerprint density at radius 1 is 1.27 bits per heavy atom. The summed E-state index contributed by atoms with van der Waals surface area (Å²) in [6.07, 6.45) is 1.23. The van der Waals surface area contributed by atoms with Crippen LogP contribution in [-0.4, -0.2) is 44.7 Å². The minimum Gasteiger partial charge on any atom is -0.496 e. The second kappa shape index (κ2) is 9.13. The maximum Gasteiger partial charge on any atom is 0.123 e. The highest BCUT2D eigenvalue weighted by Gasteiger charge is 2.11. The highest BCUT2D eigenvalue weighted by atomic mass is 16.5. The number of methoxy groups -OCH3 is 1. The Labute approximate surface area is 135 Å². The molecule has 4 nitrogen and oxygen atoms in total. The zero-order valence-electron chi connectivity index (χ0n) is 14.3. The first kappa shape index (κ1) is 17.3. The minimum absolute atomic E-state index is 0.668. The van der Waals surface area contributed by atoms with Crippen LogP contribution < -0.4 is 15.4 Å². The van der Waals surface area contributed by atoms with E-state index in [0.29, 0.717) is 5.92 Å². The van der Waals surface area contributed by atoms with Crippen molar-refractivity contribution in [1.29, 1.82) is 0 Å². The third-order valence-electron chi connectivity index (χ3n) is 4.06. The lowest BCUT2D eigenvalue weighted by molar-refractivity contribution is 0.284. The van der Waals surface area contributed by atoms with E-state index in [1.54, 1.807) is 7.11 Å².